The van der Waals surface area contributed by atoms with E-state index in [1.807, 2.05) is 0 Å². The zero-order valence-electron chi connectivity index (χ0n) is 12.9. The van der Waals surface area contributed by atoms with E-state index in [4.69, 9.17) is 5.84 Å². The van der Waals surface area contributed by atoms with Gasteiger partial charge in [0.1, 0.15) is 0 Å². The fraction of sp³-hybridized carbons (Fsp3) is 0.769. The number of thioether (sulfide) groups is 1. The molecule has 130 valence electrons. The Morgan fingerprint density at radius 3 is 2.70 bits per heavy atom. The topological polar surface area (TPSA) is 85.8 Å². The van der Waals surface area contributed by atoms with Crippen molar-refractivity contribution in [2.45, 2.75) is 50.5 Å². The van der Waals surface area contributed by atoms with Crippen molar-refractivity contribution in [3.05, 3.63) is 5.82 Å². The Labute approximate surface area is 136 Å². The van der Waals surface area contributed by atoms with Gasteiger partial charge in [0.25, 0.3) is 5.82 Å². The van der Waals surface area contributed by atoms with Crippen LogP contribution >= 0.6 is 11.8 Å². The molecule has 10 heteroatoms. The van der Waals surface area contributed by atoms with Crippen LogP contribution in [-0.2, 0) is 11.0 Å². The quantitative estimate of drug-likeness (QED) is 0.640. The van der Waals surface area contributed by atoms with Crippen molar-refractivity contribution in [3.63, 3.8) is 0 Å². The van der Waals surface area contributed by atoms with Crippen LogP contribution in [-0.4, -0.2) is 32.6 Å². The number of alkyl halides is 3. The van der Waals surface area contributed by atoms with Gasteiger partial charge in [0.15, 0.2) is 0 Å². The third kappa shape index (κ3) is 4.30. The maximum atomic E-state index is 12.6. The fourth-order valence-electron chi connectivity index (χ4n) is 2.73. The van der Waals surface area contributed by atoms with Gasteiger partial charge in [-0.05, 0) is 18.3 Å². The highest BCUT2D eigenvalue weighted by Gasteiger charge is 2.38. The first-order chi connectivity index (χ1) is 10.7. The number of nitrogens with zero attached hydrogens (tertiary/aromatic N) is 3. The second-order valence-electron chi connectivity index (χ2n) is 5.90. The van der Waals surface area contributed by atoms with E-state index in [0.717, 1.165) is 31.0 Å². The standard InChI is InChI=1S/C13H20F3N5OS/c1-7-4-3-5-9(8(7)2)18-10(22)6-23-12-20-19-11(21(12)17)13(14,15)16/h7-9H,3-6,17H2,1-2H3,(H,18,22)/t7-,8+,9+/m0/s1. The van der Waals surface area contributed by atoms with Crippen LogP contribution in [0.4, 0.5) is 13.2 Å². The first-order valence-corrected chi connectivity index (χ1v) is 8.38. The number of halogens is 3. The molecule has 0 aromatic carbocycles. The second-order valence-corrected chi connectivity index (χ2v) is 6.85. The maximum Gasteiger partial charge on any atom is 0.453 e. The molecular weight excluding hydrogens is 331 g/mol. The number of rotatable bonds is 4. The summed E-state index contributed by atoms with van der Waals surface area (Å²) in [6.07, 6.45) is -1.53. The van der Waals surface area contributed by atoms with Gasteiger partial charge in [-0.3, -0.25) is 4.79 Å². The molecule has 3 N–H and O–H groups in total. The number of nitrogens with two attached hydrogens (primary N) is 1. The largest absolute Gasteiger partial charge is 0.453 e. The molecule has 2 rings (SSSR count). The molecule has 1 aliphatic carbocycles. The van der Waals surface area contributed by atoms with Gasteiger partial charge in [-0.1, -0.05) is 38.5 Å². The molecule has 0 saturated heterocycles. The van der Waals surface area contributed by atoms with Crippen LogP contribution in [0.25, 0.3) is 0 Å². The van der Waals surface area contributed by atoms with Crippen LogP contribution in [0.1, 0.15) is 38.9 Å². The van der Waals surface area contributed by atoms with E-state index in [0.29, 0.717) is 16.5 Å². The molecule has 0 aliphatic heterocycles. The summed E-state index contributed by atoms with van der Waals surface area (Å²) in [4.78, 5) is 12.0. The van der Waals surface area contributed by atoms with Crippen molar-refractivity contribution in [2.75, 3.05) is 11.6 Å². The molecule has 1 saturated carbocycles. The summed E-state index contributed by atoms with van der Waals surface area (Å²) >= 11 is 0.835. The van der Waals surface area contributed by atoms with Crippen molar-refractivity contribution in [2.24, 2.45) is 11.8 Å². The summed E-state index contributed by atoms with van der Waals surface area (Å²) in [5.74, 6) is 4.67. The Hall–Kier alpha value is -1.45. The Balaban J connectivity index is 1.89. The predicted octanol–water partition coefficient (Wildman–Crippen LogP) is 2.04. The maximum absolute atomic E-state index is 12.6. The monoisotopic (exact) mass is 351 g/mol. The summed E-state index contributed by atoms with van der Waals surface area (Å²) < 4.78 is 38.0. The Morgan fingerprint density at radius 2 is 2.09 bits per heavy atom. The Morgan fingerprint density at radius 1 is 1.39 bits per heavy atom. The normalized spacial score (nSPS) is 25.3. The van der Waals surface area contributed by atoms with E-state index < -0.39 is 12.0 Å². The Kier molecular flexibility index (Phi) is 5.43. The van der Waals surface area contributed by atoms with Crippen molar-refractivity contribution >= 4 is 17.7 Å². The molecule has 6 nitrogen and oxygen atoms in total. The van der Waals surface area contributed by atoms with Crippen molar-refractivity contribution in [3.8, 4) is 0 Å². The molecule has 23 heavy (non-hydrogen) atoms. The number of carbonyl (C=O) groups excluding carboxylic acids is 1. The zero-order chi connectivity index (χ0) is 17.2. The van der Waals surface area contributed by atoms with Crippen molar-refractivity contribution in [1.82, 2.24) is 20.2 Å². The summed E-state index contributed by atoms with van der Waals surface area (Å²) in [5.41, 5.74) is 0. The minimum Gasteiger partial charge on any atom is -0.352 e. The van der Waals surface area contributed by atoms with Crippen LogP contribution in [0, 0.1) is 11.8 Å². The van der Waals surface area contributed by atoms with Gasteiger partial charge < -0.3 is 11.2 Å². The lowest BCUT2D eigenvalue weighted by Crippen LogP contribution is -2.44. The SMILES string of the molecule is C[C@@H]1[C@@H](C)CCC[C@H]1NC(=O)CSc1nnc(C(F)(F)F)n1N. The van der Waals surface area contributed by atoms with Crippen LogP contribution in [0.2, 0.25) is 0 Å². The van der Waals surface area contributed by atoms with Gasteiger partial charge in [0.2, 0.25) is 11.1 Å². The van der Waals surface area contributed by atoms with Gasteiger partial charge in [-0.25, -0.2) is 4.68 Å². The van der Waals surface area contributed by atoms with Gasteiger partial charge >= 0.3 is 6.18 Å². The van der Waals surface area contributed by atoms with Gasteiger partial charge in [0, 0.05) is 6.04 Å². The number of nitrogen functional groups attached to an aromatic ring is 1. The first-order valence-electron chi connectivity index (χ1n) is 7.40. The summed E-state index contributed by atoms with van der Waals surface area (Å²) in [5, 5.41) is 9.20. The molecule has 1 aliphatic rings. The zero-order valence-corrected chi connectivity index (χ0v) is 13.7. The minimum atomic E-state index is -4.67. The molecule has 0 unspecified atom stereocenters. The van der Waals surface area contributed by atoms with Crippen molar-refractivity contribution < 1.29 is 18.0 Å². The molecular formula is C13H20F3N5OS. The second kappa shape index (κ2) is 6.98. The lowest BCUT2D eigenvalue weighted by Gasteiger charge is -2.34. The third-order valence-corrected chi connectivity index (χ3v) is 5.25. The van der Waals surface area contributed by atoms with Gasteiger partial charge in [-0.2, -0.15) is 13.2 Å². The molecule has 3 atom stereocenters. The van der Waals surface area contributed by atoms with Crippen LogP contribution in [0.3, 0.4) is 0 Å². The van der Waals surface area contributed by atoms with E-state index in [1.165, 1.54) is 0 Å². The van der Waals surface area contributed by atoms with Crippen LogP contribution in [0.15, 0.2) is 5.16 Å². The Bertz CT molecular complexity index is 562. The lowest BCUT2D eigenvalue weighted by molar-refractivity contribution is -0.146. The highest BCUT2D eigenvalue weighted by molar-refractivity contribution is 7.99. The van der Waals surface area contributed by atoms with Gasteiger partial charge in [-0.15, -0.1) is 10.2 Å². The van der Waals surface area contributed by atoms with E-state index in [-0.39, 0.29) is 22.9 Å². The highest BCUT2D eigenvalue weighted by Crippen LogP contribution is 2.30. The summed E-state index contributed by atoms with van der Waals surface area (Å²) in [6, 6.07) is 0.105. The van der Waals surface area contributed by atoms with E-state index in [9.17, 15) is 18.0 Å². The molecule has 1 fully saturated rings. The molecule has 0 spiro atoms. The number of aromatic nitrogens is 3. The molecule has 1 amide bonds. The summed E-state index contributed by atoms with van der Waals surface area (Å²) in [6.45, 7) is 4.27. The molecule has 0 bridgehead atoms. The highest BCUT2D eigenvalue weighted by atomic mass is 32.2. The molecule has 1 aromatic rings. The predicted molar refractivity (Wildman–Crippen MR) is 80.0 cm³/mol. The van der Waals surface area contributed by atoms with E-state index >= 15 is 0 Å². The smallest absolute Gasteiger partial charge is 0.352 e. The molecule has 1 heterocycles. The average molecular weight is 351 g/mol. The lowest BCUT2D eigenvalue weighted by atomic mass is 9.78. The average Bonchev–Trinajstić information content (AvgIpc) is 2.83. The summed E-state index contributed by atoms with van der Waals surface area (Å²) in [7, 11) is 0. The first kappa shape index (κ1) is 17.9. The van der Waals surface area contributed by atoms with Crippen LogP contribution in [0.5, 0.6) is 0 Å². The fourth-order valence-corrected chi connectivity index (χ4v) is 3.40. The van der Waals surface area contributed by atoms with Crippen molar-refractivity contribution in [1.29, 1.82) is 0 Å². The van der Waals surface area contributed by atoms with Crippen LogP contribution < -0.4 is 11.2 Å². The van der Waals surface area contributed by atoms with E-state index in [1.54, 1.807) is 0 Å². The third-order valence-electron chi connectivity index (χ3n) is 4.30. The minimum absolute atomic E-state index is 0.0508. The number of hydrogen-bond donors (Lipinski definition) is 2. The van der Waals surface area contributed by atoms with E-state index in [2.05, 4.69) is 29.4 Å². The number of carbonyl (C=O) groups is 1. The number of nitrogens with one attached hydrogen (secondary N) is 1. The molecule has 0 radical (unpaired) electrons. The number of amides is 1. The number of hydrogen-bond acceptors (Lipinski definition) is 5. The molecule has 1 aromatic heterocycles. The van der Waals surface area contributed by atoms with Gasteiger partial charge in [0.05, 0.1) is 5.75 Å².